The molecule has 35 heavy (non-hydrogen) atoms. The number of fused-ring (bicyclic) bond motifs is 1. The molecule has 0 aliphatic heterocycles. The van der Waals surface area contributed by atoms with E-state index in [0.29, 0.717) is 34.7 Å². The quantitative estimate of drug-likeness (QED) is 0.231. The van der Waals surface area contributed by atoms with Crippen molar-refractivity contribution in [1.29, 1.82) is 0 Å². The summed E-state index contributed by atoms with van der Waals surface area (Å²) in [5, 5.41) is 6.20. The van der Waals surface area contributed by atoms with Crippen LogP contribution >= 0.6 is 11.6 Å². The number of carbonyl (C=O) groups is 2. The van der Waals surface area contributed by atoms with Gasteiger partial charge in [0.2, 0.25) is 0 Å². The van der Waals surface area contributed by atoms with Gasteiger partial charge in [0.25, 0.3) is 17.4 Å². The summed E-state index contributed by atoms with van der Waals surface area (Å²) in [5.41, 5.74) is 7.74. The lowest BCUT2D eigenvalue weighted by atomic mass is 10.1. The van der Waals surface area contributed by atoms with E-state index in [1.54, 1.807) is 13.0 Å². The second kappa shape index (κ2) is 10.4. The molecule has 4 aromatic rings. The number of aromatic amines is 1. The summed E-state index contributed by atoms with van der Waals surface area (Å²) in [4.78, 5) is 48.6. The van der Waals surface area contributed by atoms with Crippen LogP contribution in [-0.2, 0) is 6.42 Å². The number of nitrogens with zero attached hydrogens (tertiary/aromatic N) is 2. The Balaban J connectivity index is 1.42. The van der Waals surface area contributed by atoms with E-state index in [0.717, 1.165) is 18.4 Å². The summed E-state index contributed by atoms with van der Waals surface area (Å²) in [6.07, 6.45) is 3.04. The van der Waals surface area contributed by atoms with Crippen molar-refractivity contribution in [3.05, 3.63) is 92.6 Å². The molecule has 0 atom stereocenters. The number of nitrogens with two attached hydrogens (primary N) is 1. The molecule has 10 heteroatoms. The lowest BCUT2D eigenvalue weighted by molar-refractivity contribution is 0.0951. The molecular weight excluding hydrogens is 468 g/mol. The van der Waals surface area contributed by atoms with Gasteiger partial charge in [0, 0.05) is 29.4 Å². The zero-order valence-corrected chi connectivity index (χ0v) is 19.6. The molecule has 0 radical (unpaired) electrons. The average Bonchev–Trinajstić information content (AvgIpc) is 2.82. The van der Waals surface area contributed by atoms with Gasteiger partial charge in [-0.15, -0.1) is 0 Å². The van der Waals surface area contributed by atoms with Gasteiger partial charge >= 0.3 is 0 Å². The molecule has 2 heterocycles. The number of hydrogen-bond acceptors (Lipinski definition) is 6. The van der Waals surface area contributed by atoms with Crippen LogP contribution < -0.4 is 21.9 Å². The van der Waals surface area contributed by atoms with E-state index < -0.39 is 11.5 Å². The van der Waals surface area contributed by atoms with Gasteiger partial charge in [-0.3, -0.25) is 14.4 Å². The molecule has 0 unspecified atom stereocenters. The monoisotopic (exact) mass is 490 g/mol. The standard InChI is InChI=1S/C25H23ClN6O3/c1-14-29-13-17-11-19(25(35)32-22(17)30-14)24(34)31-21-12-16(7-8-20(21)26)23(33)28-9-3-5-15-4-2-6-18(27)10-15/h2,4,6-8,10-13H,3,5,9,27H2,1H3,(H,28,33)(H,31,34)(H,29,30,32,35). The number of hydrogen-bond donors (Lipinski definition) is 4. The summed E-state index contributed by atoms with van der Waals surface area (Å²) in [6, 6.07) is 13.6. The van der Waals surface area contributed by atoms with Crippen LogP contribution in [0.15, 0.2) is 59.5 Å². The number of aromatic nitrogens is 3. The van der Waals surface area contributed by atoms with Crippen LogP contribution in [0.3, 0.4) is 0 Å². The number of nitrogen functional groups attached to an aromatic ring is 1. The van der Waals surface area contributed by atoms with Crippen LogP contribution in [0.25, 0.3) is 11.0 Å². The smallest absolute Gasteiger partial charge is 0.262 e. The highest BCUT2D eigenvalue weighted by Gasteiger charge is 2.16. The van der Waals surface area contributed by atoms with Crippen LogP contribution in [0, 0.1) is 6.92 Å². The number of pyridine rings is 1. The van der Waals surface area contributed by atoms with Crippen LogP contribution in [-0.4, -0.2) is 33.3 Å². The van der Waals surface area contributed by atoms with Gasteiger partial charge in [0.1, 0.15) is 17.0 Å². The maximum absolute atomic E-state index is 12.8. The van der Waals surface area contributed by atoms with Crippen molar-refractivity contribution in [2.75, 3.05) is 17.6 Å². The zero-order valence-electron chi connectivity index (χ0n) is 18.9. The molecule has 2 aromatic heterocycles. The van der Waals surface area contributed by atoms with Gasteiger partial charge in [-0.1, -0.05) is 23.7 Å². The molecule has 5 N–H and O–H groups in total. The first-order valence-electron chi connectivity index (χ1n) is 10.9. The van der Waals surface area contributed by atoms with Crippen LogP contribution in [0.4, 0.5) is 11.4 Å². The van der Waals surface area contributed by atoms with E-state index in [4.69, 9.17) is 17.3 Å². The Morgan fingerprint density at radius 2 is 1.94 bits per heavy atom. The van der Waals surface area contributed by atoms with Gasteiger partial charge in [-0.25, -0.2) is 9.97 Å². The molecule has 0 bridgehead atoms. The Labute approximate surface area is 205 Å². The Hall–Kier alpha value is -4.24. The second-order valence-corrected chi connectivity index (χ2v) is 8.39. The second-order valence-electron chi connectivity index (χ2n) is 7.99. The maximum atomic E-state index is 12.8. The summed E-state index contributed by atoms with van der Waals surface area (Å²) in [5.74, 6) is -0.479. The first kappa shape index (κ1) is 23.9. The number of aryl methyl sites for hydroxylation is 2. The Bertz CT molecular complexity index is 1480. The van der Waals surface area contributed by atoms with E-state index in [-0.39, 0.29) is 22.2 Å². The van der Waals surface area contributed by atoms with Gasteiger partial charge in [0.15, 0.2) is 0 Å². The average molecular weight is 491 g/mol. The van der Waals surface area contributed by atoms with Crippen LogP contribution in [0.5, 0.6) is 0 Å². The number of amides is 2. The molecule has 9 nitrogen and oxygen atoms in total. The van der Waals surface area contributed by atoms with E-state index >= 15 is 0 Å². The SMILES string of the molecule is Cc1ncc2cc(C(=O)Nc3cc(C(=O)NCCCc4cccc(N)c4)ccc3Cl)c(=O)[nH]c2n1. The minimum absolute atomic E-state index is 0.127. The lowest BCUT2D eigenvalue weighted by Gasteiger charge is -2.10. The molecule has 178 valence electrons. The Morgan fingerprint density at radius 3 is 2.74 bits per heavy atom. The van der Waals surface area contributed by atoms with Crippen molar-refractivity contribution in [3.8, 4) is 0 Å². The van der Waals surface area contributed by atoms with Crippen molar-refractivity contribution in [2.45, 2.75) is 19.8 Å². The normalized spacial score (nSPS) is 10.8. The first-order valence-corrected chi connectivity index (χ1v) is 11.3. The molecule has 0 saturated heterocycles. The third kappa shape index (κ3) is 5.82. The fourth-order valence-electron chi connectivity index (χ4n) is 3.55. The van der Waals surface area contributed by atoms with Crippen molar-refractivity contribution in [3.63, 3.8) is 0 Å². The summed E-state index contributed by atoms with van der Waals surface area (Å²) in [6.45, 7) is 2.16. The van der Waals surface area contributed by atoms with Crippen LogP contribution in [0.1, 0.15) is 38.5 Å². The van der Waals surface area contributed by atoms with Crippen molar-refractivity contribution in [2.24, 2.45) is 0 Å². The Morgan fingerprint density at radius 1 is 1.11 bits per heavy atom. The maximum Gasteiger partial charge on any atom is 0.262 e. The summed E-state index contributed by atoms with van der Waals surface area (Å²) in [7, 11) is 0. The van der Waals surface area contributed by atoms with E-state index in [1.807, 2.05) is 24.3 Å². The number of H-pyrrole nitrogens is 1. The van der Waals surface area contributed by atoms with E-state index in [1.165, 1.54) is 24.4 Å². The molecule has 0 saturated carbocycles. The highest BCUT2D eigenvalue weighted by molar-refractivity contribution is 6.34. The summed E-state index contributed by atoms with van der Waals surface area (Å²) >= 11 is 6.23. The summed E-state index contributed by atoms with van der Waals surface area (Å²) < 4.78 is 0. The Kier molecular flexibility index (Phi) is 7.07. The highest BCUT2D eigenvalue weighted by atomic mass is 35.5. The fraction of sp³-hybridized carbons (Fsp3) is 0.160. The molecule has 0 aliphatic carbocycles. The molecule has 0 spiro atoms. The molecular formula is C25H23ClN6O3. The number of rotatable bonds is 7. The molecule has 2 aromatic carbocycles. The van der Waals surface area contributed by atoms with Crippen molar-refractivity contribution in [1.82, 2.24) is 20.3 Å². The fourth-order valence-corrected chi connectivity index (χ4v) is 3.71. The number of benzene rings is 2. The number of carbonyl (C=O) groups excluding carboxylic acids is 2. The minimum atomic E-state index is -0.671. The molecule has 2 amide bonds. The predicted octanol–water partition coefficient (Wildman–Crippen LogP) is 3.48. The third-order valence-corrected chi connectivity index (χ3v) is 5.64. The van der Waals surface area contributed by atoms with Gasteiger partial charge in [-0.05, 0) is 61.7 Å². The number of halogens is 1. The van der Waals surface area contributed by atoms with Crippen molar-refractivity contribution < 1.29 is 9.59 Å². The molecule has 4 rings (SSSR count). The van der Waals surface area contributed by atoms with Crippen molar-refractivity contribution >= 4 is 45.8 Å². The van der Waals surface area contributed by atoms with Crippen LogP contribution in [0.2, 0.25) is 5.02 Å². The van der Waals surface area contributed by atoms with Gasteiger partial charge < -0.3 is 21.4 Å². The first-order chi connectivity index (χ1) is 16.8. The zero-order chi connectivity index (χ0) is 24.9. The van der Waals surface area contributed by atoms with Gasteiger partial charge in [0.05, 0.1) is 10.7 Å². The van der Waals surface area contributed by atoms with Gasteiger partial charge in [-0.2, -0.15) is 0 Å². The van der Waals surface area contributed by atoms with E-state index in [9.17, 15) is 14.4 Å². The largest absolute Gasteiger partial charge is 0.399 e. The third-order valence-electron chi connectivity index (χ3n) is 5.31. The number of anilines is 2. The molecule has 0 fully saturated rings. The van der Waals surface area contributed by atoms with E-state index in [2.05, 4.69) is 25.6 Å². The predicted molar refractivity (Wildman–Crippen MR) is 136 cm³/mol. The highest BCUT2D eigenvalue weighted by Crippen LogP contribution is 2.24. The number of nitrogens with one attached hydrogen (secondary N) is 3. The molecule has 0 aliphatic rings. The topological polar surface area (TPSA) is 143 Å². The minimum Gasteiger partial charge on any atom is -0.399 e. The lowest BCUT2D eigenvalue weighted by Crippen LogP contribution is -2.25.